The second-order valence-electron chi connectivity index (χ2n) is 10.0. The average Bonchev–Trinajstić information content (AvgIpc) is 3.24. The molecule has 3 aromatic rings. The molecule has 0 unspecified atom stereocenters. The Labute approximate surface area is 203 Å². The van der Waals surface area contributed by atoms with Gasteiger partial charge in [-0.3, -0.25) is 4.90 Å². The summed E-state index contributed by atoms with van der Waals surface area (Å²) < 4.78 is 12.1. The van der Waals surface area contributed by atoms with Gasteiger partial charge in [-0.15, -0.1) is 0 Å². The summed E-state index contributed by atoms with van der Waals surface area (Å²) >= 11 is 0. The van der Waals surface area contributed by atoms with Crippen molar-refractivity contribution >= 4 is 16.7 Å². The highest BCUT2D eigenvalue weighted by Crippen LogP contribution is 2.34. The molecular weight excluding hydrogens is 422 g/mol. The normalized spacial score (nSPS) is 17.7. The molecule has 5 nitrogen and oxygen atoms in total. The van der Waals surface area contributed by atoms with Crippen molar-refractivity contribution in [2.45, 2.75) is 58.0 Å². The van der Waals surface area contributed by atoms with E-state index in [2.05, 4.69) is 41.4 Å². The van der Waals surface area contributed by atoms with Crippen LogP contribution in [0.25, 0.3) is 11.0 Å². The molecule has 2 heterocycles. The molecule has 180 valence electrons. The molecule has 34 heavy (non-hydrogen) atoms. The Hall–Kier alpha value is -2.63. The van der Waals surface area contributed by atoms with Gasteiger partial charge in [-0.2, -0.15) is 0 Å². The largest absolute Gasteiger partial charge is 0.493 e. The van der Waals surface area contributed by atoms with E-state index in [1.54, 1.807) is 0 Å². The molecule has 2 aromatic carbocycles. The number of likely N-dealkylation sites (tertiary alicyclic amines) is 1. The first-order chi connectivity index (χ1) is 16.7. The van der Waals surface area contributed by atoms with Crippen LogP contribution in [0.2, 0.25) is 0 Å². The molecule has 1 aromatic heterocycles. The molecule has 1 aliphatic heterocycles. The van der Waals surface area contributed by atoms with Gasteiger partial charge in [0.05, 0.1) is 17.7 Å². The highest BCUT2D eigenvalue weighted by atomic mass is 16.5. The first kappa shape index (κ1) is 23.1. The van der Waals surface area contributed by atoms with Crippen LogP contribution in [0.4, 0.5) is 0 Å². The molecule has 1 aliphatic carbocycles. The average molecular weight is 460 g/mol. The van der Waals surface area contributed by atoms with Crippen LogP contribution in [-0.2, 0) is 6.54 Å². The van der Waals surface area contributed by atoms with Gasteiger partial charge in [0, 0.05) is 18.5 Å². The smallest absolute Gasteiger partial charge is 0.149 e. The van der Waals surface area contributed by atoms with Crippen molar-refractivity contribution in [1.82, 2.24) is 10.2 Å². The number of furan rings is 1. The van der Waals surface area contributed by atoms with E-state index >= 15 is 0 Å². The van der Waals surface area contributed by atoms with E-state index in [1.165, 1.54) is 30.4 Å². The van der Waals surface area contributed by atoms with Gasteiger partial charge >= 0.3 is 0 Å². The lowest BCUT2D eigenvalue weighted by atomic mass is 9.81. The van der Waals surface area contributed by atoms with Crippen molar-refractivity contribution in [2.75, 3.05) is 26.2 Å². The minimum atomic E-state index is 0.366. The molecule has 0 radical (unpaired) electrons. The lowest BCUT2D eigenvalue weighted by Gasteiger charge is -2.32. The molecular formula is C29H37N3O2. The van der Waals surface area contributed by atoms with Crippen molar-refractivity contribution in [2.24, 2.45) is 5.92 Å². The van der Waals surface area contributed by atoms with Crippen molar-refractivity contribution in [3.63, 3.8) is 0 Å². The number of nitrogens with one attached hydrogen (secondary N) is 2. The van der Waals surface area contributed by atoms with Crippen LogP contribution in [0.5, 0.6) is 5.75 Å². The Balaban J connectivity index is 1.03. The van der Waals surface area contributed by atoms with Gasteiger partial charge in [0.1, 0.15) is 17.1 Å². The van der Waals surface area contributed by atoms with Gasteiger partial charge in [-0.1, -0.05) is 42.3 Å². The monoisotopic (exact) mass is 459 g/mol. The van der Waals surface area contributed by atoms with Crippen LogP contribution < -0.4 is 10.1 Å². The van der Waals surface area contributed by atoms with Gasteiger partial charge in [0.2, 0.25) is 0 Å². The van der Waals surface area contributed by atoms with Crippen LogP contribution in [0.1, 0.15) is 55.4 Å². The predicted octanol–water partition coefficient (Wildman–Crippen LogP) is 5.93. The Bertz CT molecular complexity index is 1110. The first-order valence-corrected chi connectivity index (χ1v) is 12.9. The summed E-state index contributed by atoms with van der Waals surface area (Å²) in [6.45, 7) is 7.19. The lowest BCUT2D eigenvalue weighted by molar-refractivity contribution is 0.189. The van der Waals surface area contributed by atoms with Crippen molar-refractivity contribution < 1.29 is 9.15 Å². The van der Waals surface area contributed by atoms with E-state index < -0.39 is 0 Å². The summed E-state index contributed by atoms with van der Waals surface area (Å²) in [5.74, 6) is 1.93. The number of ether oxygens (including phenoxy) is 1. The first-order valence-electron chi connectivity index (χ1n) is 12.9. The van der Waals surface area contributed by atoms with E-state index in [-0.39, 0.29) is 0 Å². The number of piperidine rings is 1. The maximum atomic E-state index is 8.41. The minimum Gasteiger partial charge on any atom is -0.493 e. The minimum absolute atomic E-state index is 0.366. The molecule has 2 aliphatic rings. The summed E-state index contributed by atoms with van der Waals surface area (Å²) in [5, 5.41) is 13.1. The molecule has 2 N–H and O–H groups in total. The molecule has 2 fully saturated rings. The van der Waals surface area contributed by atoms with Crippen molar-refractivity contribution in [3.05, 3.63) is 65.4 Å². The standard InChI is InChI=1S/C29H37N3O2/c1-21-6-2-7-22(18-21)20-32-15-12-24(13-16-32)31-14-5-17-33-26-10-4-11-27-25(26)19-28(34-27)29(30)23-8-3-9-23/h2,4,6-7,10-11,18-19,23-24,30-31H,3,5,8-9,12-17,20H2,1H3. The summed E-state index contributed by atoms with van der Waals surface area (Å²) in [6.07, 6.45) is 6.83. The van der Waals surface area contributed by atoms with E-state index in [1.807, 2.05) is 24.3 Å². The predicted molar refractivity (Wildman–Crippen MR) is 138 cm³/mol. The van der Waals surface area contributed by atoms with E-state index in [0.717, 1.165) is 62.2 Å². The van der Waals surface area contributed by atoms with Gasteiger partial charge in [0.15, 0.2) is 0 Å². The van der Waals surface area contributed by atoms with Gasteiger partial charge in [0.25, 0.3) is 0 Å². The number of hydrogen-bond donors (Lipinski definition) is 2. The lowest BCUT2D eigenvalue weighted by Crippen LogP contribution is -2.42. The highest BCUT2D eigenvalue weighted by Gasteiger charge is 2.26. The third-order valence-electron chi connectivity index (χ3n) is 7.39. The zero-order valence-corrected chi connectivity index (χ0v) is 20.3. The van der Waals surface area contributed by atoms with Crippen LogP contribution in [-0.4, -0.2) is 42.9 Å². The number of rotatable bonds is 10. The fourth-order valence-electron chi connectivity index (χ4n) is 5.12. The third-order valence-corrected chi connectivity index (χ3v) is 7.39. The van der Waals surface area contributed by atoms with Crippen LogP contribution in [0.3, 0.4) is 0 Å². The second-order valence-corrected chi connectivity index (χ2v) is 10.0. The fraction of sp³-hybridized carbons (Fsp3) is 0.483. The van der Waals surface area contributed by atoms with E-state index in [9.17, 15) is 0 Å². The third kappa shape index (κ3) is 5.53. The molecule has 0 atom stereocenters. The summed E-state index contributed by atoms with van der Waals surface area (Å²) in [5.41, 5.74) is 4.21. The molecule has 5 heteroatoms. The quantitative estimate of drug-likeness (QED) is 0.291. The van der Waals surface area contributed by atoms with Crippen LogP contribution >= 0.6 is 0 Å². The number of aryl methyl sites for hydroxylation is 1. The number of benzene rings is 2. The SMILES string of the molecule is Cc1cccc(CN2CCC(NCCCOc3cccc4oc(C(=N)C5CCC5)cc34)CC2)c1. The Morgan fingerprint density at radius 1 is 1.09 bits per heavy atom. The molecule has 5 rings (SSSR count). The zero-order chi connectivity index (χ0) is 23.3. The van der Waals surface area contributed by atoms with Crippen molar-refractivity contribution in [3.8, 4) is 5.75 Å². The summed E-state index contributed by atoms with van der Waals surface area (Å²) in [7, 11) is 0. The summed E-state index contributed by atoms with van der Waals surface area (Å²) in [4.78, 5) is 2.57. The highest BCUT2D eigenvalue weighted by molar-refractivity contribution is 6.02. The topological polar surface area (TPSA) is 61.5 Å². The van der Waals surface area contributed by atoms with Gasteiger partial charge in [-0.25, -0.2) is 0 Å². The number of hydrogen-bond acceptors (Lipinski definition) is 5. The maximum Gasteiger partial charge on any atom is 0.149 e. The summed E-state index contributed by atoms with van der Waals surface area (Å²) in [6, 6.07) is 17.4. The number of nitrogens with zero attached hydrogens (tertiary/aromatic N) is 1. The molecule has 0 bridgehead atoms. The molecule has 0 amide bonds. The molecule has 1 saturated carbocycles. The zero-order valence-electron chi connectivity index (χ0n) is 20.3. The number of fused-ring (bicyclic) bond motifs is 1. The van der Waals surface area contributed by atoms with Gasteiger partial charge < -0.3 is 19.9 Å². The van der Waals surface area contributed by atoms with E-state index in [4.69, 9.17) is 14.6 Å². The molecule has 0 spiro atoms. The Morgan fingerprint density at radius 3 is 2.68 bits per heavy atom. The van der Waals surface area contributed by atoms with Gasteiger partial charge in [-0.05, 0) is 82.4 Å². The van der Waals surface area contributed by atoms with Crippen LogP contribution in [0, 0.1) is 18.3 Å². The Morgan fingerprint density at radius 2 is 1.91 bits per heavy atom. The van der Waals surface area contributed by atoms with Crippen molar-refractivity contribution in [1.29, 1.82) is 5.41 Å². The molecule has 1 saturated heterocycles. The van der Waals surface area contributed by atoms with Crippen LogP contribution in [0.15, 0.2) is 52.9 Å². The maximum absolute atomic E-state index is 8.41. The fourth-order valence-corrected chi connectivity index (χ4v) is 5.12. The van der Waals surface area contributed by atoms with E-state index in [0.29, 0.717) is 30.0 Å². The Kier molecular flexibility index (Phi) is 7.31. The second kappa shape index (κ2) is 10.7.